The van der Waals surface area contributed by atoms with Crippen molar-refractivity contribution in [3.05, 3.63) is 34.3 Å². The first-order valence-electron chi connectivity index (χ1n) is 5.00. The number of benzene rings is 1. The minimum atomic E-state index is 0.336. The molecule has 0 spiro atoms. The van der Waals surface area contributed by atoms with Crippen LogP contribution in [0.2, 0.25) is 5.02 Å². The molecule has 0 bridgehead atoms. The molecule has 1 N–H and O–H groups in total. The summed E-state index contributed by atoms with van der Waals surface area (Å²) in [5.74, 6) is 0.541. The molecule has 0 aliphatic heterocycles. The van der Waals surface area contributed by atoms with Crippen LogP contribution < -0.4 is 5.32 Å². The lowest BCUT2D eigenvalue weighted by Crippen LogP contribution is -2.22. The fourth-order valence-corrected chi connectivity index (χ4v) is 2.00. The van der Waals surface area contributed by atoms with Gasteiger partial charge in [-0.3, -0.25) is 0 Å². The lowest BCUT2D eigenvalue weighted by Gasteiger charge is -2.22. The van der Waals surface area contributed by atoms with E-state index in [0.29, 0.717) is 12.0 Å². The molecule has 0 aliphatic rings. The summed E-state index contributed by atoms with van der Waals surface area (Å²) in [5, 5.41) is 4.19. The summed E-state index contributed by atoms with van der Waals surface area (Å²) in [4.78, 5) is 0. The average molecular weight is 212 g/mol. The quantitative estimate of drug-likeness (QED) is 0.806. The summed E-state index contributed by atoms with van der Waals surface area (Å²) in [6.07, 6.45) is 0. The summed E-state index contributed by atoms with van der Waals surface area (Å²) in [6, 6.07) is 6.53. The molecule has 14 heavy (non-hydrogen) atoms. The van der Waals surface area contributed by atoms with E-state index in [1.807, 2.05) is 20.0 Å². The summed E-state index contributed by atoms with van der Waals surface area (Å²) < 4.78 is 0. The van der Waals surface area contributed by atoms with E-state index in [9.17, 15) is 0 Å². The molecule has 0 heterocycles. The Morgan fingerprint density at radius 2 is 1.93 bits per heavy atom. The van der Waals surface area contributed by atoms with Crippen LogP contribution in [0, 0.1) is 12.8 Å². The van der Waals surface area contributed by atoms with E-state index in [1.54, 1.807) is 0 Å². The molecule has 0 aliphatic carbocycles. The third-order valence-electron chi connectivity index (χ3n) is 2.53. The molecule has 1 aromatic rings. The molecule has 78 valence electrons. The van der Waals surface area contributed by atoms with E-state index in [1.165, 1.54) is 5.56 Å². The number of hydrogen-bond donors (Lipinski definition) is 1. The maximum atomic E-state index is 6.27. The molecule has 0 saturated heterocycles. The van der Waals surface area contributed by atoms with Gasteiger partial charge in [0.05, 0.1) is 0 Å². The molecule has 0 radical (unpaired) electrons. The van der Waals surface area contributed by atoms with Crippen molar-refractivity contribution in [3.63, 3.8) is 0 Å². The van der Waals surface area contributed by atoms with Gasteiger partial charge in [-0.05, 0) is 31.0 Å². The van der Waals surface area contributed by atoms with Gasteiger partial charge in [-0.15, -0.1) is 0 Å². The average Bonchev–Trinajstić information content (AvgIpc) is 2.13. The maximum Gasteiger partial charge on any atom is 0.0483 e. The molecule has 0 aromatic heterocycles. The van der Waals surface area contributed by atoms with Gasteiger partial charge in [0.2, 0.25) is 0 Å². The van der Waals surface area contributed by atoms with Gasteiger partial charge in [0.25, 0.3) is 0 Å². The van der Waals surface area contributed by atoms with E-state index < -0.39 is 0 Å². The number of hydrogen-bond acceptors (Lipinski definition) is 1. The number of rotatable bonds is 3. The Bertz CT molecular complexity index is 307. The van der Waals surface area contributed by atoms with Crippen LogP contribution in [0.5, 0.6) is 0 Å². The third-order valence-corrected chi connectivity index (χ3v) is 3.05. The summed E-state index contributed by atoms with van der Waals surface area (Å²) in [7, 11) is 1.98. The van der Waals surface area contributed by atoms with Gasteiger partial charge < -0.3 is 5.32 Å². The smallest absolute Gasteiger partial charge is 0.0483 e. The molecule has 1 atom stereocenters. The van der Waals surface area contributed by atoms with Crippen molar-refractivity contribution in [3.8, 4) is 0 Å². The van der Waals surface area contributed by atoms with Gasteiger partial charge in [0.1, 0.15) is 0 Å². The van der Waals surface area contributed by atoms with Gasteiger partial charge in [-0.1, -0.05) is 43.6 Å². The second-order valence-corrected chi connectivity index (χ2v) is 4.37. The van der Waals surface area contributed by atoms with E-state index in [0.717, 1.165) is 10.6 Å². The van der Waals surface area contributed by atoms with Crippen LogP contribution in [0.1, 0.15) is 31.0 Å². The lowest BCUT2D eigenvalue weighted by molar-refractivity contribution is 0.443. The highest BCUT2D eigenvalue weighted by atomic mass is 35.5. The first kappa shape index (κ1) is 11.5. The Hall–Kier alpha value is -0.530. The molecule has 1 nitrogen and oxygen atoms in total. The zero-order valence-corrected chi connectivity index (χ0v) is 10.0. The molecule has 1 aromatic carbocycles. The molecule has 0 amide bonds. The molecular formula is C12H18ClN. The van der Waals surface area contributed by atoms with Crippen LogP contribution in [0.25, 0.3) is 0 Å². The van der Waals surface area contributed by atoms with E-state index >= 15 is 0 Å². The minimum Gasteiger partial charge on any atom is -0.313 e. The highest BCUT2D eigenvalue weighted by Crippen LogP contribution is 2.29. The van der Waals surface area contributed by atoms with Gasteiger partial charge in [0, 0.05) is 11.1 Å². The van der Waals surface area contributed by atoms with Crippen LogP contribution in [-0.4, -0.2) is 7.05 Å². The molecule has 0 saturated carbocycles. The molecular weight excluding hydrogens is 194 g/mol. The normalized spacial score (nSPS) is 13.3. The fourth-order valence-electron chi connectivity index (χ4n) is 1.76. The first-order chi connectivity index (χ1) is 6.57. The molecule has 2 heteroatoms. The Morgan fingerprint density at radius 3 is 2.43 bits per heavy atom. The Labute approximate surface area is 91.5 Å². The zero-order chi connectivity index (χ0) is 10.7. The van der Waals surface area contributed by atoms with Crippen molar-refractivity contribution < 1.29 is 0 Å². The monoisotopic (exact) mass is 211 g/mol. The maximum absolute atomic E-state index is 6.27. The predicted octanol–water partition coefficient (Wildman–Crippen LogP) is 3.56. The Balaban J connectivity index is 3.10. The summed E-state index contributed by atoms with van der Waals surface area (Å²) in [5.41, 5.74) is 2.34. The second kappa shape index (κ2) is 4.81. The van der Waals surface area contributed by atoms with Crippen LogP contribution in [-0.2, 0) is 0 Å². The lowest BCUT2D eigenvalue weighted by atomic mass is 9.95. The van der Waals surface area contributed by atoms with Gasteiger partial charge in [0.15, 0.2) is 0 Å². The van der Waals surface area contributed by atoms with Crippen molar-refractivity contribution in [1.82, 2.24) is 5.32 Å². The van der Waals surface area contributed by atoms with Crippen molar-refractivity contribution in [2.45, 2.75) is 26.8 Å². The SMILES string of the molecule is CNC(c1cccc(C)c1Cl)C(C)C. The second-order valence-electron chi connectivity index (χ2n) is 3.99. The first-order valence-corrected chi connectivity index (χ1v) is 5.38. The van der Waals surface area contributed by atoms with Crippen LogP contribution >= 0.6 is 11.6 Å². The molecule has 1 unspecified atom stereocenters. The predicted molar refractivity (Wildman–Crippen MR) is 62.8 cm³/mol. The van der Waals surface area contributed by atoms with Crippen LogP contribution in [0.3, 0.4) is 0 Å². The van der Waals surface area contributed by atoms with Gasteiger partial charge >= 0.3 is 0 Å². The summed E-state index contributed by atoms with van der Waals surface area (Å²) in [6.45, 7) is 6.43. The van der Waals surface area contributed by atoms with E-state index in [4.69, 9.17) is 11.6 Å². The van der Waals surface area contributed by atoms with Crippen molar-refractivity contribution in [2.75, 3.05) is 7.05 Å². The zero-order valence-electron chi connectivity index (χ0n) is 9.26. The number of nitrogens with one attached hydrogen (secondary N) is 1. The van der Waals surface area contributed by atoms with Crippen LogP contribution in [0.15, 0.2) is 18.2 Å². The van der Waals surface area contributed by atoms with Gasteiger partial charge in [-0.25, -0.2) is 0 Å². The largest absolute Gasteiger partial charge is 0.313 e. The van der Waals surface area contributed by atoms with Gasteiger partial charge in [-0.2, -0.15) is 0 Å². The molecule has 1 rings (SSSR count). The highest BCUT2D eigenvalue weighted by molar-refractivity contribution is 6.32. The van der Waals surface area contributed by atoms with E-state index in [2.05, 4.69) is 31.3 Å². The number of aryl methyl sites for hydroxylation is 1. The fraction of sp³-hybridized carbons (Fsp3) is 0.500. The van der Waals surface area contributed by atoms with Crippen molar-refractivity contribution >= 4 is 11.6 Å². The van der Waals surface area contributed by atoms with Crippen LogP contribution in [0.4, 0.5) is 0 Å². The van der Waals surface area contributed by atoms with E-state index in [-0.39, 0.29) is 0 Å². The minimum absolute atomic E-state index is 0.336. The Kier molecular flexibility index (Phi) is 3.97. The molecule has 0 fully saturated rings. The standard InChI is InChI=1S/C12H18ClN/c1-8(2)12(14-4)10-7-5-6-9(3)11(10)13/h5-8,12,14H,1-4H3. The number of halogens is 1. The topological polar surface area (TPSA) is 12.0 Å². The third kappa shape index (κ3) is 2.28. The van der Waals surface area contributed by atoms with Crippen molar-refractivity contribution in [2.24, 2.45) is 5.92 Å². The summed E-state index contributed by atoms with van der Waals surface area (Å²) >= 11 is 6.27. The Morgan fingerprint density at radius 1 is 1.29 bits per heavy atom. The van der Waals surface area contributed by atoms with Crippen molar-refractivity contribution in [1.29, 1.82) is 0 Å². The highest BCUT2D eigenvalue weighted by Gasteiger charge is 2.16.